The van der Waals surface area contributed by atoms with Gasteiger partial charge in [-0.1, -0.05) is 36.6 Å². The van der Waals surface area contributed by atoms with E-state index < -0.39 is 29.3 Å². The number of likely N-dealkylation sites (tertiary alicyclic amines) is 1. The number of benzene rings is 1. The van der Waals surface area contributed by atoms with E-state index in [1.165, 1.54) is 37.1 Å². The van der Waals surface area contributed by atoms with Gasteiger partial charge < -0.3 is 20.7 Å². The van der Waals surface area contributed by atoms with Gasteiger partial charge in [-0.2, -0.15) is 0 Å². The van der Waals surface area contributed by atoms with Gasteiger partial charge in [0.05, 0.1) is 28.0 Å². The van der Waals surface area contributed by atoms with E-state index >= 15 is 4.39 Å². The number of halogens is 2. The molecular formula is C29H32ClFN6O3. The largest absolute Gasteiger partial charge is 0.380 e. The topological polar surface area (TPSA) is 122 Å². The van der Waals surface area contributed by atoms with Crippen LogP contribution in [0.5, 0.6) is 0 Å². The molecule has 2 fully saturated rings. The second kappa shape index (κ2) is 11.9. The summed E-state index contributed by atoms with van der Waals surface area (Å²) in [4.78, 5) is 36.5. The first-order valence-corrected chi connectivity index (χ1v) is 13.7. The fourth-order valence-corrected chi connectivity index (χ4v) is 5.18. The highest BCUT2D eigenvalue weighted by Gasteiger charge is 2.41. The molecule has 1 saturated carbocycles. The highest BCUT2D eigenvalue weighted by molar-refractivity contribution is 6.30. The van der Waals surface area contributed by atoms with Crippen molar-refractivity contribution in [2.24, 2.45) is 11.7 Å². The number of amides is 3. The summed E-state index contributed by atoms with van der Waals surface area (Å²) < 4.78 is 20.5. The first kappa shape index (κ1) is 27.9. The molecule has 210 valence electrons. The van der Waals surface area contributed by atoms with Crippen molar-refractivity contribution in [3.63, 3.8) is 0 Å². The molecule has 5 rings (SSSR count). The van der Waals surface area contributed by atoms with E-state index in [1.807, 2.05) is 18.2 Å². The maximum Gasteiger partial charge on any atom is 0.323 e. The quantitative estimate of drug-likeness (QED) is 0.338. The number of aromatic nitrogens is 2. The highest BCUT2D eigenvalue weighted by atomic mass is 35.5. The molecule has 3 heterocycles. The number of carbonyl (C=O) groups excluding carboxylic acids is 2. The normalized spacial score (nSPS) is 20.1. The van der Waals surface area contributed by atoms with Crippen molar-refractivity contribution in [2.45, 2.75) is 49.8 Å². The van der Waals surface area contributed by atoms with Crippen LogP contribution in [0.15, 0.2) is 60.9 Å². The molecule has 1 aliphatic carbocycles. The number of anilines is 2. The average Bonchev–Trinajstić information content (AvgIpc) is 3.70. The van der Waals surface area contributed by atoms with Gasteiger partial charge in [0.2, 0.25) is 5.91 Å². The molecule has 0 radical (unpaired) electrons. The van der Waals surface area contributed by atoms with Gasteiger partial charge in [0.15, 0.2) is 0 Å². The first-order chi connectivity index (χ1) is 19.3. The molecule has 4 N–H and O–H groups in total. The monoisotopic (exact) mass is 566 g/mol. The van der Waals surface area contributed by atoms with Gasteiger partial charge in [-0.25, -0.2) is 14.2 Å². The van der Waals surface area contributed by atoms with E-state index in [9.17, 15) is 9.59 Å². The van der Waals surface area contributed by atoms with Crippen LogP contribution in [0.3, 0.4) is 0 Å². The summed E-state index contributed by atoms with van der Waals surface area (Å²) in [5, 5.41) is 5.80. The van der Waals surface area contributed by atoms with Gasteiger partial charge in [0.25, 0.3) is 0 Å². The summed E-state index contributed by atoms with van der Waals surface area (Å²) in [5.41, 5.74) is 7.33. The maximum atomic E-state index is 15.0. The predicted molar refractivity (Wildman–Crippen MR) is 150 cm³/mol. The van der Waals surface area contributed by atoms with Crippen molar-refractivity contribution in [1.29, 1.82) is 0 Å². The number of carbonyl (C=O) groups is 2. The van der Waals surface area contributed by atoms with Crippen molar-refractivity contribution in [2.75, 3.05) is 24.3 Å². The number of nitrogens with zero attached hydrogens (tertiary/aromatic N) is 3. The van der Waals surface area contributed by atoms with Gasteiger partial charge >= 0.3 is 6.03 Å². The fourth-order valence-electron chi connectivity index (χ4n) is 5.07. The molecule has 1 saturated heterocycles. The fraction of sp³-hybridized carbons (Fsp3) is 0.379. The molecule has 1 aliphatic heterocycles. The Bertz CT molecular complexity index is 1360. The number of ether oxygens (including phenoxy) is 1. The molecule has 40 heavy (non-hydrogen) atoms. The molecular weight excluding hydrogens is 535 g/mol. The molecule has 3 amide bonds. The summed E-state index contributed by atoms with van der Waals surface area (Å²) in [6, 6.07) is 11.8. The Morgan fingerprint density at radius 2 is 2.00 bits per heavy atom. The predicted octanol–water partition coefficient (Wildman–Crippen LogP) is 4.92. The lowest BCUT2D eigenvalue weighted by Crippen LogP contribution is -2.45. The number of nitrogens with two attached hydrogens (primary N) is 1. The Morgan fingerprint density at radius 1 is 1.18 bits per heavy atom. The summed E-state index contributed by atoms with van der Waals surface area (Å²) in [7, 11) is 1.52. The standard InChI is InChI=1S/C29H32ClFN6O3/c1-40-21-15-24(37(17-21)28(39)36-26-10-8-20(30)16-34-26)27(38)35-23-14-19(7-9-22(23)31)29(32,12-11-18-5-6-18)25-4-2-3-13-33-25/h2-4,7-10,13-14,16,18,21,24H,5-6,11-12,15,17,32H2,1H3,(H,35,38)(H,34,36,39). The molecule has 3 unspecified atom stereocenters. The second-order valence-electron chi connectivity index (χ2n) is 10.4. The zero-order valence-corrected chi connectivity index (χ0v) is 22.9. The van der Waals surface area contributed by atoms with Gasteiger partial charge in [0.1, 0.15) is 17.7 Å². The summed E-state index contributed by atoms with van der Waals surface area (Å²) in [6.45, 7) is 0.184. The molecule has 1 aromatic carbocycles. The molecule has 2 aromatic heterocycles. The number of hydrogen-bond donors (Lipinski definition) is 3. The third kappa shape index (κ3) is 6.24. The first-order valence-electron chi connectivity index (χ1n) is 13.3. The van der Waals surface area contributed by atoms with E-state index in [0.29, 0.717) is 28.6 Å². The van der Waals surface area contributed by atoms with Gasteiger partial charge in [-0.05, 0) is 60.7 Å². The summed E-state index contributed by atoms with van der Waals surface area (Å²) in [5.74, 6) is -0.214. The number of nitrogens with one attached hydrogen (secondary N) is 2. The number of hydrogen-bond acceptors (Lipinski definition) is 6. The van der Waals surface area contributed by atoms with Crippen molar-refractivity contribution in [1.82, 2.24) is 14.9 Å². The minimum Gasteiger partial charge on any atom is -0.380 e. The number of pyridine rings is 2. The number of urea groups is 1. The lowest BCUT2D eigenvalue weighted by molar-refractivity contribution is -0.119. The lowest BCUT2D eigenvalue weighted by atomic mass is 9.82. The number of methoxy groups -OCH3 is 1. The van der Waals surface area contributed by atoms with Crippen LogP contribution >= 0.6 is 11.6 Å². The van der Waals surface area contributed by atoms with Crippen molar-refractivity contribution >= 4 is 35.0 Å². The third-order valence-corrected chi connectivity index (χ3v) is 7.85. The minimum atomic E-state index is -0.955. The molecule has 9 nitrogen and oxygen atoms in total. The molecule has 3 aromatic rings. The average molecular weight is 567 g/mol. The highest BCUT2D eigenvalue weighted by Crippen LogP contribution is 2.40. The Hall–Kier alpha value is -3.60. The van der Waals surface area contributed by atoms with Crippen LogP contribution in [0.25, 0.3) is 0 Å². The van der Waals surface area contributed by atoms with E-state index in [4.69, 9.17) is 22.1 Å². The van der Waals surface area contributed by atoms with E-state index in [2.05, 4.69) is 20.6 Å². The molecule has 0 bridgehead atoms. The van der Waals surface area contributed by atoms with Gasteiger partial charge in [-0.3, -0.25) is 15.1 Å². The molecule has 2 aliphatic rings. The second-order valence-corrected chi connectivity index (χ2v) is 10.8. The molecule has 0 spiro atoms. The summed E-state index contributed by atoms with van der Waals surface area (Å²) in [6.07, 6.45) is 6.92. The van der Waals surface area contributed by atoms with Crippen LogP contribution in [0.1, 0.15) is 43.4 Å². The van der Waals surface area contributed by atoms with Crippen LogP contribution in [0.2, 0.25) is 5.02 Å². The van der Waals surface area contributed by atoms with E-state index in [-0.39, 0.29) is 30.6 Å². The third-order valence-electron chi connectivity index (χ3n) is 7.63. The van der Waals surface area contributed by atoms with Crippen LogP contribution < -0.4 is 16.4 Å². The van der Waals surface area contributed by atoms with Crippen molar-refractivity contribution in [3.8, 4) is 0 Å². The van der Waals surface area contributed by atoms with Crippen LogP contribution in [-0.4, -0.2) is 52.6 Å². The van der Waals surface area contributed by atoms with Crippen LogP contribution in [0.4, 0.5) is 20.7 Å². The number of rotatable bonds is 9. The smallest absolute Gasteiger partial charge is 0.323 e. The zero-order chi connectivity index (χ0) is 28.3. The summed E-state index contributed by atoms with van der Waals surface area (Å²) >= 11 is 5.88. The Kier molecular flexibility index (Phi) is 8.30. The van der Waals surface area contributed by atoms with Crippen LogP contribution in [0, 0.1) is 11.7 Å². The molecule has 3 atom stereocenters. The lowest BCUT2D eigenvalue weighted by Gasteiger charge is -2.30. The molecule has 11 heteroatoms. The van der Waals surface area contributed by atoms with Gasteiger partial charge in [-0.15, -0.1) is 0 Å². The zero-order valence-electron chi connectivity index (χ0n) is 22.1. The van der Waals surface area contributed by atoms with Crippen molar-refractivity contribution < 1.29 is 18.7 Å². The van der Waals surface area contributed by atoms with Gasteiger partial charge in [0, 0.05) is 32.5 Å². The Morgan fingerprint density at radius 3 is 2.67 bits per heavy atom. The van der Waals surface area contributed by atoms with Crippen molar-refractivity contribution in [3.05, 3.63) is 83.0 Å². The minimum absolute atomic E-state index is 0.0136. The van der Waals surface area contributed by atoms with E-state index in [1.54, 1.807) is 30.5 Å². The van der Waals surface area contributed by atoms with E-state index in [0.717, 1.165) is 6.42 Å². The maximum absolute atomic E-state index is 15.0. The SMILES string of the molecule is COC1CC(C(=O)Nc2cc(C(N)(CCC3CC3)c3ccccn3)ccc2F)N(C(=O)Nc2ccc(Cl)cn2)C1. The van der Waals surface area contributed by atoms with Crippen LogP contribution in [-0.2, 0) is 15.1 Å². The Balaban J connectivity index is 1.37. The Labute approximate surface area is 237 Å².